The molecule has 0 aromatic heterocycles. The molecule has 0 bridgehead atoms. The maximum Gasteiger partial charge on any atom is 0.255 e. The van der Waals surface area contributed by atoms with Crippen molar-refractivity contribution in [3.63, 3.8) is 0 Å². The van der Waals surface area contributed by atoms with Gasteiger partial charge in [0, 0.05) is 38.2 Å². The van der Waals surface area contributed by atoms with Crippen molar-refractivity contribution in [2.24, 2.45) is 5.92 Å². The van der Waals surface area contributed by atoms with Crippen LogP contribution in [0.1, 0.15) is 78.1 Å². The van der Waals surface area contributed by atoms with Crippen LogP contribution in [-0.2, 0) is 16.1 Å². The average Bonchev–Trinajstić information content (AvgIpc) is 3.34. The summed E-state index contributed by atoms with van der Waals surface area (Å²) in [4.78, 5) is 38.5. The molecular formula is C44H48N4O6. The Morgan fingerprint density at radius 1 is 0.833 bits per heavy atom. The Hall–Kier alpha value is -5.45. The summed E-state index contributed by atoms with van der Waals surface area (Å²) < 4.78 is 12.3. The quantitative estimate of drug-likeness (QED) is 0.104. The normalized spacial score (nSPS) is 19.5. The van der Waals surface area contributed by atoms with Crippen LogP contribution in [0.2, 0.25) is 0 Å². The Labute approximate surface area is 316 Å². The molecular weight excluding hydrogens is 681 g/mol. The van der Waals surface area contributed by atoms with Crippen molar-refractivity contribution < 1.29 is 29.0 Å². The Morgan fingerprint density at radius 3 is 2.30 bits per heavy atom. The predicted octanol–water partition coefficient (Wildman–Crippen LogP) is 6.59. The lowest BCUT2D eigenvalue weighted by Crippen LogP contribution is -2.52. The molecule has 10 heteroatoms. The Kier molecular flexibility index (Phi) is 11.7. The van der Waals surface area contributed by atoms with Gasteiger partial charge in [-0.1, -0.05) is 61.5 Å². The molecule has 54 heavy (non-hydrogen) atoms. The van der Waals surface area contributed by atoms with Crippen LogP contribution in [0.15, 0.2) is 97.1 Å². The highest BCUT2D eigenvalue weighted by atomic mass is 16.5. The van der Waals surface area contributed by atoms with Crippen molar-refractivity contribution in [3.8, 4) is 17.2 Å². The highest BCUT2D eigenvalue weighted by Gasteiger charge is 2.39. The van der Waals surface area contributed by atoms with Crippen LogP contribution in [0.3, 0.4) is 0 Å². The molecule has 0 saturated carbocycles. The number of carbonyl (C=O) groups is 3. The number of imide groups is 1. The van der Waals surface area contributed by atoms with E-state index in [4.69, 9.17) is 9.47 Å². The number of ether oxygens (including phenoxy) is 2. The number of phenols is 1. The Balaban J connectivity index is 0.873. The zero-order valence-corrected chi connectivity index (χ0v) is 30.8. The Morgan fingerprint density at radius 2 is 1.56 bits per heavy atom. The minimum Gasteiger partial charge on any atom is -0.508 e. The molecule has 0 radical (unpaired) electrons. The van der Waals surface area contributed by atoms with Gasteiger partial charge in [0.1, 0.15) is 29.9 Å². The summed E-state index contributed by atoms with van der Waals surface area (Å²) in [5, 5.41) is 14.5. The highest BCUT2D eigenvalue weighted by molar-refractivity contribution is 6.05. The number of hydrogen-bond donors (Lipinski definition) is 3. The largest absolute Gasteiger partial charge is 0.508 e. The van der Waals surface area contributed by atoms with Gasteiger partial charge in [-0.3, -0.25) is 25.1 Å². The number of phenolic OH excluding ortho intramolecular Hbond substituents is 1. The fourth-order valence-corrected chi connectivity index (χ4v) is 7.73. The summed E-state index contributed by atoms with van der Waals surface area (Å²) >= 11 is 0. The lowest BCUT2D eigenvalue weighted by Gasteiger charge is -2.29. The van der Waals surface area contributed by atoms with Crippen molar-refractivity contribution in [1.29, 1.82) is 0 Å². The third-order valence-corrected chi connectivity index (χ3v) is 10.6. The van der Waals surface area contributed by atoms with E-state index in [0.29, 0.717) is 43.4 Å². The van der Waals surface area contributed by atoms with E-state index in [9.17, 15) is 19.5 Å². The first-order valence-corrected chi connectivity index (χ1v) is 19.1. The zero-order valence-electron chi connectivity index (χ0n) is 30.8. The van der Waals surface area contributed by atoms with E-state index in [1.165, 1.54) is 11.1 Å². The number of piperidine rings is 1. The van der Waals surface area contributed by atoms with Gasteiger partial charge in [0.2, 0.25) is 11.8 Å². The van der Waals surface area contributed by atoms with E-state index in [2.05, 4.69) is 59.1 Å². The molecule has 7 rings (SSSR count). The number of amides is 3. The molecule has 280 valence electrons. The summed E-state index contributed by atoms with van der Waals surface area (Å²) in [5.74, 6) is 1.40. The molecule has 0 spiro atoms. The lowest BCUT2D eigenvalue weighted by molar-refractivity contribution is -0.136. The molecule has 4 aromatic carbocycles. The molecule has 3 aliphatic rings. The van der Waals surface area contributed by atoms with E-state index in [0.717, 1.165) is 73.3 Å². The van der Waals surface area contributed by atoms with Crippen LogP contribution >= 0.6 is 0 Å². The van der Waals surface area contributed by atoms with Gasteiger partial charge in [0.15, 0.2) is 0 Å². The number of nitrogens with zero attached hydrogens (tertiary/aromatic N) is 2. The zero-order chi connectivity index (χ0) is 37.4. The third-order valence-electron chi connectivity index (χ3n) is 10.6. The smallest absolute Gasteiger partial charge is 0.255 e. The molecule has 10 nitrogen and oxygen atoms in total. The molecule has 2 atom stereocenters. The maximum absolute atomic E-state index is 13.0. The molecule has 0 aliphatic carbocycles. The summed E-state index contributed by atoms with van der Waals surface area (Å²) in [5.41, 5.74) is 10.8. The van der Waals surface area contributed by atoms with E-state index in [-0.39, 0.29) is 24.0 Å². The number of carbonyl (C=O) groups excluding carboxylic acids is 3. The molecule has 3 heterocycles. The first-order chi connectivity index (χ1) is 26.4. The van der Waals surface area contributed by atoms with Gasteiger partial charge in [0.05, 0.1) is 6.61 Å². The van der Waals surface area contributed by atoms with Crippen molar-refractivity contribution >= 4 is 28.9 Å². The fourth-order valence-electron chi connectivity index (χ4n) is 7.73. The van der Waals surface area contributed by atoms with Gasteiger partial charge in [0.25, 0.3) is 5.91 Å². The van der Waals surface area contributed by atoms with Gasteiger partial charge in [-0.2, -0.15) is 0 Å². The average molecular weight is 729 g/mol. The van der Waals surface area contributed by atoms with Gasteiger partial charge in [-0.25, -0.2) is 5.01 Å². The van der Waals surface area contributed by atoms with Crippen LogP contribution in [-0.4, -0.2) is 71.6 Å². The first kappa shape index (κ1) is 36.9. The number of rotatable bonds is 13. The molecule has 2 unspecified atom stereocenters. The van der Waals surface area contributed by atoms with E-state index < -0.39 is 11.9 Å². The summed E-state index contributed by atoms with van der Waals surface area (Å²) in [6, 6.07) is 31.1. The van der Waals surface area contributed by atoms with Crippen molar-refractivity contribution in [2.45, 2.75) is 58.0 Å². The number of fused-ring (bicyclic) bond motifs is 1. The van der Waals surface area contributed by atoms with Crippen LogP contribution in [0.5, 0.6) is 17.2 Å². The number of hydrazine groups is 1. The third kappa shape index (κ3) is 8.67. The highest BCUT2D eigenvalue weighted by Crippen LogP contribution is 2.36. The minimum atomic E-state index is -0.628. The summed E-state index contributed by atoms with van der Waals surface area (Å²) in [6.45, 7) is 6.17. The van der Waals surface area contributed by atoms with Gasteiger partial charge in [-0.05, 0) is 114 Å². The lowest BCUT2D eigenvalue weighted by atomic mass is 9.88. The van der Waals surface area contributed by atoms with E-state index in [1.807, 2.05) is 42.5 Å². The van der Waals surface area contributed by atoms with Gasteiger partial charge >= 0.3 is 0 Å². The Bertz CT molecular complexity index is 1980. The summed E-state index contributed by atoms with van der Waals surface area (Å²) in [6.07, 6.45) is 4.60. The first-order valence-electron chi connectivity index (χ1n) is 19.1. The summed E-state index contributed by atoms with van der Waals surface area (Å²) in [7, 11) is 0. The van der Waals surface area contributed by atoms with E-state index in [1.54, 1.807) is 23.1 Å². The fraction of sp³-hybridized carbons (Fsp3) is 0.341. The van der Waals surface area contributed by atoms with Gasteiger partial charge < -0.3 is 19.5 Å². The second-order valence-corrected chi connectivity index (χ2v) is 14.2. The second-order valence-electron chi connectivity index (χ2n) is 14.2. The van der Waals surface area contributed by atoms with Crippen LogP contribution < -0.4 is 20.2 Å². The van der Waals surface area contributed by atoms with Gasteiger partial charge in [-0.15, -0.1) is 0 Å². The molecule has 4 aromatic rings. The minimum absolute atomic E-state index is 0.185. The number of hydrogen-bond acceptors (Lipinski definition) is 8. The molecule has 3 N–H and O–H groups in total. The van der Waals surface area contributed by atoms with Crippen LogP contribution in [0.4, 0.5) is 0 Å². The maximum atomic E-state index is 13.0. The number of nitrogens with one attached hydrogen (secondary N) is 2. The molecule has 2 saturated heterocycles. The SMILES string of the molecule is CC/C(=C(\c1ccc(O)cc1)c1ccc(OCCC2CCCN(CCOc3ccc4c(c3)CN(C3CCC(=O)NC3=O)C4=O)NC2)cc1)c1ccccc1. The van der Waals surface area contributed by atoms with Crippen molar-refractivity contribution in [3.05, 3.63) is 125 Å². The van der Waals surface area contributed by atoms with Crippen LogP contribution in [0.25, 0.3) is 11.1 Å². The standard InChI is InChI=1S/C44H48N4O6/c1-2-38(31-8-4-3-5-9-31)42(32-10-14-35(49)15-11-32)33-12-16-36(17-13-33)53-25-22-30-7-6-23-47(45-28-30)24-26-54-37-18-19-39-34(27-37)29-48(44(39)52)40-20-21-41(50)46-43(40)51/h3-5,8-19,27,30,40,45,49H,2,6-7,20-26,28-29H2,1H3,(H,46,50,51)/b42-38-. The topological polar surface area (TPSA) is 120 Å². The molecule has 3 aliphatic heterocycles. The molecule has 3 amide bonds. The predicted molar refractivity (Wildman–Crippen MR) is 208 cm³/mol. The van der Waals surface area contributed by atoms with Crippen molar-refractivity contribution in [1.82, 2.24) is 20.7 Å². The number of aromatic hydroxyl groups is 1. The monoisotopic (exact) mass is 728 g/mol. The number of allylic oxidation sites excluding steroid dienone is 1. The number of benzene rings is 4. The second kappa shape index (κ2) is 17.1. The molecule has 2 fully saturated rings. The van der Waals surface area contributed by atoms with E-state index >= 15 is 0 Å². The van der Waals surface area contributed by atoms with Crippen molar-refractivity contribution in [2.75, 3.05) is 32.8 Å². The van der Waals surface area contributed by atoms with Crippen LogP contribution in [0, 0.1) is 5.92 Å².